The van der Waals surface area contributed by atoms with Crippen LogP contribution in [0.2, 0.25) is 0 Å². The Morgan fingerprint density at radius 2 is 2.16 bits per heavy atom. The van der Waals surface area contributed by atoms with Gasteiger partial charge >= 0.3 is 0 Å². The van der Waals surface area contributed by atoms with Gasteiger partial charge in [-0.1, -0.05) is 11.3 Å². The third-order valence-corrected chi connectivity index (χ3v) is 5.35. The first kappa shape index (κ1) is 14.2. The summed E-state index contributed by atoms with van der Waals surface area (Å²) in [6, 6.07) is 4.94. The second-order valence-electron chi connectivity index (χ2n) is 4.15. The molecule has 8 heteroatoms. The largest absolute Gasteiger partial charge is 0.360 e. The predicted octanol–water partition coefficient (Wildman–Crippen LogP) is 0.917. The Morgan fingerprint density at radius 3 is 2.79 bits per heavy atom. The molecule has 0 radical (unpaired) electrons. The topological polar surface area (TPSA) is 88.3 Å². The van der Waals surface area contributed by atoms with E-state index >= 15 is 0 Å². The second-order valence-corrected chi connectivity index (χ2v) is 7.33. The van der Waals surface area contributed by atoms with Crippen LogP contribution in [0.5, 0.6) is 0 Å². The maximum Gasteiger partial charge on any atom is 0.242 e. The maximum atomic E-state index is 12.0. The monoisotopic (exact) mass is 300 g/mol. The average Bonchev–Trinajstić information content (AvgIpc) is 2.77. The van der Waals surface area contributed by atoms with E-state index in [2.05, 4.69) is 10.3 Å². The van der Waals surface area contributed by atoms with E-state index in [1.165, 1.54) is 29.7 Å². The van der Waals surface area contributed by atoms with Gasteiger partial charge in [0, 0.05) is 27.2 Å². The number of nitrogens with zero attached hydrogens (tertiary/aromatic N) is 2. The summed E-state index contributed by atoms with van der Waals surface area (Å²) >= 11 is 1.42. The molecule has 19 heavy (non-hydrogen) atoms. The van der Waals surface area contributed by atoms with Gasteiger partial charge in [0.2, 0.25) is 10.0 Å². The van der Waals surface area contributed by atoms with Crippen molar-refractivity contribution in [2.24, 2.45) is 5.73 Å². The highest BCUT2D eigenvalue weighted by molar-refractivity contribution is 7.89. The lowest BCUT2D eigenvalue weighted by Gasteiger charge is -2.10. The van der Waals surface area contributed by atoms with Crippen molar-refractivity contribution in [3.05, 3.63) is 18.2 Å². The van der Waals surface area contributed by atoms with Crippen LogP contribution in [0.1, 0.15) is 0 Å². The van der Waals surface area contributed by atoms with Crippen molar-refractivity contribution < 1.29 is 8.42 Å². The molecule has 0 atom stereocenters. The van der Waals surface area contributed by atoms with E-state index in [4.69, 9.17) is 5.73 Å². The van der Waals surface area contributed by atoms with Gasteiger partial charge in [-0.05, 0) is 18.2 Å². The van der Waals surface area contributed by atoms with E-state index in [1.54, 1.807) is 18.2 Å². The van der Waals surface area contributed by atoms with Crippen molar-refractivity contribution in [3.63, 3.8) is 0 Å². The maximum absolute atomic E-state index is 12.0. The quantitative estimate of drug-likeness (QED) is 0.857. The second kappa shape index (κ2) is 5.41. The number of thiazole rings is 1. The number of benzene rings is 1. The fourth-order valence-corrected chi connectivity index (χ4v) is 3.46. The number of fused-ring (bicyclic) bond motifs is 1. The van der Waals surface area contributed by atoms with Crippen molar-refractivity contribution in [2.45, 2.75) is 4.90 Å². The van der Waals surface area contributed by atoms with E-state index in [-0.39, 0.29) is 4.90 Å². The van der Waals surface area contributed by atoms with E-state index in [1.807, 2.05) is 0 Å². The van der Waals surface area contributed by atoms with Crippen LogP contribution in [0.3, 0.4) is 0 Å². The van der Waals surface area contributed by atoms with Crippen molar-refractivity contribution in [2.75, 3.05) is 32.5 Å². The zero-order valence-electron chi connectivity index (χ0n) is 10.8. The number of anilines is 1. The first-order valence-corrected chi connectivity index (χ1v) is 7.98. The Kier molecular flexibility index (Phi) is 4.04. The lowest BCUT2D eigenvalue weighted by atomic mass is 10.3. The Bertz CT molecular complexity index is 679. The number of hydrogen-bond acceptors (Lipinski definition) is 6. The standard InChI is InChI=1S/C11H16N4O2S2/c1-15(2)19(16,17)8-3-4-9-10(7-8)18-11(14-9)13-6-5-12/h3-4,7H,5-6,12H2,1-2H3,(H,13,14). The molecule has 0 amide bonds. The molecule has 0 unspecified atom stereocenters. The van der Waals surface area contributed by atoms with Gasteiger partial charge < -0.3 is 11.1 Å². The van der Waals surface area contributed by atoms with E-state index < -0.39 is 10.0 Å². The summed E-state index contributed by atoms with van der Waals surface area (Å²) < 4.78 is 26.1. The number of sulfonamides is 1. The SMILES string of the molecule is CN(C)S(=O)(=O)c1ccc2nc(NCCN)sc2c1. The third-order valence-electron chi connectivity index (χ3n) is 2.56. The highest BCUT2D eigenvalue weighted by Gasteiger charge is 2.18. The number of nitrogens with two attached hydrogens (primary N) is 1. The third kappa shape index (κ3) is 2.86. The molecule has 104 valence electrons. The molecular formula is C11H16N4O2S2. The minimum absolute atomic E-state index is 0.277. The molecule has 1 aromatic heterocycles. The fourth-order valence-electron chi connectivity index (χ4n) is 1.53. The molecule has 1 heterocycles. The van der Waals surface area contributed by atoms with Crippen LogP contribution >= 0.6 is 11.3 Å². The molecule has 2 aromatic rings. The summed E-state index contributed by atoms with van der Waals surface area (Å²) in [7, 11) is -0.376. The van der Waals surface area contributed by atoms with Gasteiger partial charge in [-0.25, -0.2) is 17.7 Å². The molecule has 2 rings (SSSR count). The Hall–Kier alpha value is -1.22. The van der Waals surface area contributed by atoms with Gasteiger partial charge in [0.1, 0.15) is 0 Å². The molecule has 0 saturated heterocycles. The zero-order chi connectivity index (χ0) is 14.0. The minimum Gasteiger partial charge on any atom is -0.360 e. The first-order valence-electron chi connectivity index (χ1n) is 5.72. The highest BCUT2D eigenvalue weighted by atomic mass is 32.2. The van der Waals surface area contributed by atoms with Crippen molar-refractivity contribution in [1.29, 1.82) is 0 Å². The summed E-state index contributed by atoms with van der Waals surface area (Å²) in [6.07, 6.45) is 0. The molecule has 0 saturated carbocycles. The number of rotatable bonds is 5. The predicted molar refractivity (Wildman–Crippen MR) is 78.0 cm³/mol. The molecule has 0 aliphatic rings. The van der Waals surface area contributed by atoms with Gasteiger partial charge in [-0.3, -0.25) is 0 Å². The lowest BCUT2D eigenvalue weighted by molar-refractivity contribution is 0.521. The molecule has 0 fully saturated rings. The van der Waals surface area contributed by atoms with Gasteiger partial charge in [0.15, 0.2) is 5.13 Å². The molecule has 3 N–H and O–H groups in total. The number of hydrogen-bond donors (Lipinski definition) is 2. The molecular weight excluding hydrogens is 284 g/mol. The summed E-state index contributed by atoms with van der Waals surface area (Å²) in [5.41, 5.74) is 6.19. The van der Waals surface area contributed by atoms with Crippen LogP contribution in [0.15, 0.2) is 23.1 Å². The summed E-state index contributed by atoms with van der Waals surface area (Å²) in [6.45, 7) is 1.17. The number of nitrogens with one attached hydrogen (secondary N) is 1. The van der Waals surface area contributed by atoms with E-state index in [0.717, 1.165) is 15.3 Å². The highest BCUT2D eigenvalue weighted by Crippen LogP contribution is 2.28. The normalized spacial score (nSPS) is 12.2. The molecule has 1 aromatic carbocycles. The molecule has 0 bridgehead atoms. The lowest BCUT2D eigenvalue weighted by Crippen LogP contribution is -2.22. The molecule has 0 aliphatic carbocycles. The molecule has 6 nitrogen and oxygen atoms in total. The molecule has 0 spiro atoms. The average molecular weight is 300 g/mol. The van der Waals surface area contributed by atoms with Crippen LogP contribution in [0.4, 0.5) is 5.13 Å². The van der Waals surface area contributed by atoms with Crippen molar-refractivity contribution >= 4 is 36.7 Å². The van der Waals surface area contributed by atoms with Crippen LogP contribution in [-0.2, 0) is 10.0 Å². The Morgan fingerprint density at radius 1 is 1.42 bits per heavy atom. The van der Waals surface area contributed by atoms with Crippen molar-refractivity contribution in [3.8, 4) is 0 Å². The van der Waals surface area contributed by atoms with Gasteiger partial charge in [0.05, 0.1) is 15.1 Å². The van der Waals surface area contributed by atoms with E-state index in [0.29, 0.717) is 13.1 Å². The van der Waals surface area contributed by atoms with Crippen molar-refractivity contribution in [1.82, 2.24) is 9.29 Å². The minimum atomic E-state index is -3.40. The summed E-state index contributed by atoms with van der Waals surface area (Å²) in [4.78, 5) is 4.64. The first-order chi connectivity index (χ1) is 8.95. The smallest absolute Gasteiger partial charge is 0.242 e. The number of aromatic nitrogens is 1. The van der Waals surface area contributed by atoms with Gasteiger partial charge in [-0.15, -0.1) is 0 Å². The summed E-state index contributed by atoms with van der Waals surface area (Å²) in [5.74, 6) is 0. The van der Waals surface area contributed by atoms with Gasteiger partial charge in [-0.2, -0.15) is 0 Å². The van der Waals surface area contributed by atoms with Crippen LogP contribution in [0.25, 0.3) is 10.2 Å². The molecule has 0 aliphatic heterocycles. The van der Waals surface area contributed by atoms with E-state index in [9.17, 15) is 8.42 Å². The van der Waals surface area contributed by atoms with Crippen LogP contribution < -0.4 is 11.1 Å². The zero-order valence-corrected chi connectivity index (χ0v) is 12.4. The van der Waals surface area contributed by atoms with Crippen LogP contribution in [-0.4, -0.2) is 44.9 Å². The Balaban J connectivity index is 2.41. The Labute approximate surface area is 116 Å². The van der Waals surface area contributed by atoms with Crippen LogP contribution in [0, 0.1) is 0 Å². The fraction of sp³-hybridized carbons (Fsp3) is 0.364. The summed E-state index contributed by atoms with van der Waals surface area (Å²) in [5, 5.41) is 3.84. The van der Waals surface area contributed by atoms with Gasteiger partial charge in [0.25, 0.3) is 0 Å².